The molecule has 0 aliphatic rings. The summed E-state index contributed by atoms with van der Waals surface area (Å²) in [6.45, 7) is 0. The highest BCUT2D eigenvalue weighted by Crippen LogP contribution is 2.34. The average molecular weight is 467 g/mol. The molecular weight excluding hydrogens is 456 g/mol. The van der Waals surface area contributed by atoms with E-state index < -0.39 is 16.5 Å². The third-order valence-electron chi connectivity index (χ3n) is 3.95. The molecule has 0 atom stereocenters. The van der Waals surface area contributed by atoms with Gasteiger partial charge in [-0.2, -0.15) is 0 Å². The second-order valence-corrected chi connectivity index (χ2v) is 7.12. The maximum Gasteiger partial charge on any atom is 0.312 e. The van der Waals surface area contributed by atoms with Crippen molar-refractivity contribution in [3.8, 4) is 11.5 Å². The Bertz CT molecular complexity index is 1160. The summed E-state index contributed by atoms with van der Waals surface area (Å²) in [5, 5.41) is 11.7. The van der Waals surface area contributed by atoms with Gasteiger partial charge in [0.25, 0.3) is 0 Å². The van der Waals surface area contributed by atoms with E-state index in [-0.39, 0.29) is 37.8 Å². The first-order valence-electron chi connectivity index (χ1n) is 8.34. The SMILES string of the molecule is O=C(/C=C/c1ccc(Oc2ccc(F)cc2)c([N+](=O)[O-])c1)c1ccc(Cl)c(Cl)c1Cl. The van der Waals surface area contributed by atoms with Crippen molar-refractivity contribution in [3.63, 3.8) is 0 Å². The van der Waals surface area contributed by atoms with Gasteiger partial charge in [-0.25, -0.2) is 4.39 Å². The van der Waals surface area contributed by atoms with Crippen molar-refractivity contribution in [1.82, 2.24) is 0 Å². The third kappa shape index (κ3) is 4.97. The normalized spacial score (nSPS) is 10.9. The lowest BCUT2D eigenvalue weighted by Gasteiger charge is -2.07. The number of nitro benzene ring substituents is 1. The number of allylic oxidation sites excluding steroid dienone is 1. The first-order valence-corrected chi connectivity index (χ1v) is 9.47. The fourth-order valence-electron chi connectivity index (χ4n) is 2.47. The molecule has 3 rings (SSSR count). The van der Waals surface area contributed by atoms with Crippen molar-refractivity contribution < 1.29 is 18.8 Å². The maximum absolute atomic E-state index is 13.0. The van der Waals surface area contributed by atoms with Gasteiger partial charge in [0.2, 0.25) is 5.75 Å². The summed E-state index contributed by atoms with van der Waals surface area (Å²) in [6, 6.07) is 12.1. The monoisotopic (exact) mass is 465 g/mol. The second-order valence-electron chi connectivity index (χ2n) is 5.96. The van der Waals surface area contributed by atoms with Gasteiger partial charge < -0.3 is 4.74 Å². The molecule has 30 heavy (non-hydrogen) atoms. The molecule has 0 unspecified atom stereocenters. The van der Waals surface area contributed by atoms with E-state index in [9.17, 15) is 19.3 Å². The van der Waals surface area contributed by atoms with Crippen LogP contribution in [0.25, 0.3) is 6.08 Å². The lowest BCUT2D eigenvalue weighted by molar-refractivity contribution is -0.385. The molecule has 0 N–H and O–H groups in total. The van der Waals surface area contributed by atoms with Gasteiger partial charge in [0.05, 0.1) is 20.0 Å². The number of carbonyl (C=O) groups excluding carboxylic acids is 1. The smallest absolute Gasteiger partial charge is 0.312 e. The zero-order valence-corrected chi connectivity index (χ0v) is 17.2. The first kappa shape index (κ1) is 21.8. The van der Waals surface area contributed by atoms with Crippen molar-refractivity contribution in [3.05, 3.63) is 103 Å². The van der Waals surface area contributed by atoms with Gasteiger partial charge in [0.15, 0.2) is 5.78 Å². The van der Waals surface area contributed by atoms with E-state index in [1.54, 1.807) is 0 Å². The minimum Gasteiger partial charge on any atom is -0.450 e. The number of ketones is 1. The molecule has 0 heterocycles. The summed E-state index contributed by atoms with van der Waals surface area (Å²) in [4.78, 5) is 23.2. The van der Waals surface area contributed by atoms with Crippen LogP contribution < -0.4 is 4.74 Å². The molecule has 0 spiro atoms. The lowest BCUT2D eigenvalue weighted by atomic mass is 10.1. The van der Waals surface area contributed by atoms with Crippen LogP contribution in [-0.2, 0) is 0 Å². The topological polar surface area (TPSA) is 69.4 Å². The van der Waals surface area contributed by atoms with Crippen LogP contribution in [-0.4, -0.2) is 10.7 Å². The molecule has 0 radical (unpaired) electrons. The standard InChI is InChI=1S/C21H11Cl3FNO4/c22-16-8-7-15(20(23)21(16)24)18(27)9-1-12-2-10-19(17(11-12)26(28)29)30-14-5-3-13(25)4-6-14/h1-11H/b9-1+. The summed E-state index contributed by atoms with van der Waals surface area (Å²) in [7, 11) is 0. The van der Waals surface area contributed by atoms with Gasteiger partial charge in [0.1, 0.15) is 11.6 Å². The number of rotatable bonds is 6. The molecule has 0 saturated heterocycles. The van der Waals surface area contributed by atoms with Gasteiger partial charge in [-0.3, -0.25) is 14.9 Å². The fraction of sp³-hybridized carbons (Fsp3) is 0. The molecule has 0 fully saturated rings. The predicted molar refractivity (Wildman–Crippen MR) is 114 cm³/mol. The largest absolute Gasteiger partial charge is 0.450 e. The van der Waals surface area contributed by atoms with Crippen LogP contribution in [0.5, 0.6) is 11.5 Å². The van der Waals surface area contributed by atoms with Crippen LogP contribution in [0.2, 0.25) is 15.1 Å². The Morgan fingerprint density at radius 2 is 1.70 bits per heavy atom. The molecule has 5 nitrogen and oxygen atoms in total. The van der Waals surface area contributed by atoms with Crippen molar-refractivity contribution in [2.24, 2.45) is 0 Å². The van der Waals surface area contributed by atoms with Gasteiger partial charge in [-0.05, 0) is 54.1 Å². The summed E-state index contributed by atoms with van der Waals surface area (Å²) in [5.74, 6) is -0.688. The molecule has 3 aromatic carbocycles. The number of hydrogen-bond acceptors (Lipinski definition) is 4. The van der Waals surface area contributed by atoms with Crippen LogP contribution in [0.1, 0.15) is 15.9 Å². The Hall–Kier alpha value is -2.93. The minimum absolute atomic E-state index is 0.0212. The Morgan fingerprint density at radius 3 is 2.37 bits per heavy atom. The summed E-state index contributed by atoms with van der Waals surface area (Å²) < 4.78 is 18.5. The Labute approximate surface area is 185 Å². The van der Waals surface area contributed by atoms with Crippen molar-refractivity contribution >= 4 is 52.3 Å². The second kappa shape index (κ2) is 9.26. The quantitative estimate of drug-likeness (QED) is 0.125. The predicted octanol–water partition coefficient (Wildman–Crippen LogP) is 7.38. The molecule has 0 aromatic heterocycles. The van der Waals surface area contributed by atoms with Gasteiger partial charge in [-0.1, -0.05) is 46.9 Å². The summed E-state index contributed by atoms with van der Waals surface area (Å²) in [5.41, 5.74) is 0.215. The number of carbonyl (C=O) groups is 1. The average Bonchev–Trinajstić information content (AvgIpc) is 2.72. The molecule has 9 heteroatoms. The van der Waals surface area contributed by atoms with Crippen molar-refractivity contribution in [1.29, 1.82) is 0 Å². The summed E-state index contributed by atoms with van der Waals surface area (Å²) >= 11 is 17.8. The first-order chi connectivity index (χ1) is 14.3. The number of ether oxygens (including phenoxy) is 1. The highest BCUT2D eigenvalue weighted by atomic mass is 35.5. The third-order valence-corrected chi connectivity index (χ3v) is 5.24. The number of nitrogens with zero attached hydrogens (tertiary/aromatic N) is 1. The van der Waals surface area contributed by atoms with E-state index >= 15 is 0 Å². The van der Waals surface area contributed by atoms with E-state index in [4.69, 9.17) is 39.5 Å². The Morgan fingerprint density at radius 1 is 1.00 bits per heavy atom. The van der Waals surface area contributed by atoms with Crippen molar-refractivity contribution in [2.75, 3.05) is 0 Å². The van der Waals surface area contributed by atoms with Crippen LogP contribution in [0.15, 0.2) is 60.7 Å². The van der Waals surface area contributed by atoms with E-state index in [2.05, 4.69) is 0 Å². The number of halogens is 4. The van der Waals surface area contributed by atoms with Gasteiger partial charge in [-0.15, -0.1) is 0 Å². The highest BCUT2D eigenvalue weighted by molar-refractivity contribution is 6.49. The van der Waals surface area contributed by atoms with E-state index in [1.165, 1.54) is 66.7 Å². The molecule has 0 aliphatic carbocycles. The molecule has 0 saturated carbocycles. The Kier molecular flexibility index (Phi) is 6.72. The van der Waals surface area contributed by atoms with Crippen LogP contribution in [0, 0.1) is 15.9 Å². The van der Waals surface area contributed by atoms with E-state index in [0.717, 1.165) is 0 Å². The molecule has 0 bridgehead atoms. The van der Waals surface area contributed by atoms with Crippen LogP contribution in [0.3, 0.4) is 0 Å². The van der Waals surface area contributed by atoms with Crippen LogP contribution >= 0.6 is 34.8 Å². The molecule has 152 valence electrons. The Balaban J connectivity index is 1.85. The fourth-order valence-corrected chi connectivity index (χ4v) is 3.10. The number of nitro groups is 1. The molecule has 0 amide bonds. The molecule has 3 aromatic rings. The number of benzene rings is 3. The molecular formula is C21H11Cl3FNO4. The number of hydrogen-bond donors (Lipinski definition) is 0. The zero-order chi connectivity index (χ0) is 21.8. The van der Waals surface area contributed by atoms with Gasteiger partial charge in [0, 0.05) is 11.6 Å². The zero-order valence-electron chi connectivity index (χ0n) is 14.9. The lowest BCUT2D eigenvalue weighted by Crippen LogP contribution is -1.97. The maximum atomic E-state index is 13.0. The summed E-state index contributed by atoms with van der Waals surface area (Å²) in [6.07, 6.45) is 2.61. The molecule has 0 aliphatic heterocycles. The van der Waals surface area contributed by atoms with Crippen LogP contribution in [0.4, 0.5) is 10.1 Å². The van der Waals surface area contributed by atoms with Crippen molar-refractivity contribution in [2.45, 2.75) is 0 Å². The van der Waals surface area contributed by atoms with E-state index in [0.29, 0.717) is 5.56 Å². The van der Waals surface area contributed by atoms with E-state index in [1.807, 2.05) is 0 Å². The van der Waals surface area contributed by atoms with Gasteiger partial charge >= 0.3 is 5.69 Å². The minimum atomic E-state index is -0.617. The highest BCUT2D eigenvalue weighted by Gasteiger charge is 2.17.